The van der Waals surface area contributed by atoms with Crippen molar-refractivity contribution in [3.05, 3.63) is 100 Å². The number of amides is 9. The normalized spacial score (nSPS) is 18.5. The number of nitrogens with one attached hydrogen (secondary N) is 9. The van der Waals surface area contributed by atoms with Crippen LogP contribution in [-0.4, -0.2) is 276 Å². The van der Waals surface area contributed by atoms with Crippen molar-refractivity contribution < 1.29 is 138 Å². The number of hydrogen-bond donors (Lipinski definition) is 9. The van der Waals surface area contributed by atoms with Gasteiger partial charge < -0.3 is 119 Å². The molecule has 2 aliphatic heterocycles. The number of nitroso groups, excluding NO2 is 1. The Labute approximate surface area is 771 Å². The second-order valence-electron chi connectivity index (χ2n) is 32.0. The molecule has 3 aromatic rings. The molecule has 0 aromatic heterocycles. The number of benzene rings is 3. The molecule has 5 rings (SSSR count). The summed E-state index contributed by atoms with van der Waals surface area (Å²) < 4.78 is 87.2. The highest BCUT2D eigenvalue weighted by molar-refractivity contribution is 5.79. The van der Waals surface area contributed by atoms with E-state index in [2.05, 4.69) is 53.0 Å². The number of carbonyl (C=O) groups excluding carboxylic acids is 14. The molecule has 2 heterocycles. The van der Waals surface area contributed by atoms with Gasteiger partial charge in [0.15, 0.2) is 37.0 Å². The van der Waals surface area contributed by atoms with Crippen LogP contribution < -0.4 is 57.3 Å². The Morgan fingerprint density at radius 1 is 0.371 bits per heavy atom. The molecule has 2 aliphatic rings. The van der Waals surface area contributed by atoms with Crippen LogP contribution in [0.3, 0.4) is 0 Å². The third-order valence-corrected chi connectivity index (χ3v) is 20.9. The molecule has 40 heteroatoms. The van der Waals surface area contributed by atoms with Crippen molar-refractivity contribution in [1.82, 2.24) is 47.9 Å². The van der Waals surface area contributed by atoms with E-state index in [1.54, 1.807) is 21.1 Å². The number of esters is 5. The maximum absolute atomic E-state index is 14.1. The van der Waals surface area contributed by atoms with E-state index in [-0.39, 0.29) is 172 Å². The molecule has 0 bridgehead atoms. The monoisotopic (exact) mass is 1860 g/mol. The van der Waals surface area contributed by atoms with Gasteiger partial charge in [-0.3, -0.25) is 67.1 Å². The first kappa shape index (κ1) is 112. The lowest BCUT2D eigenvalue weighted by atomic mass is 9.80. The van der Waals surface area contributed by atoms with Crippen LogP contribution in [0.1, 0.15) is 207 Å². The molecule has 736 valence electrons. The standard InChI is InChI=1S/C92H138N10O30/c1-62-85(128-66(5)106)87(130-68(7)108)83(100-63(2)103)89(127-62)123-52-22-20-31-77(111)93-45-24-47-95-79(113)42-55-120-59-91(61-122-57-44-81(115)97-49-26-51-99-117,60-121-56-43-80(114)96-48-25-46-94-78(112)32-21-23-53-124-90-84(101-64(3)104)88(131-69(8)109)86(129-67(6)107)75(132-90)58-125-65(4)105)102-82(116)33-19-14-12-11-13-18-30-76(110)98-50-27-54-126-92(70-28-16-15-17-29-70,71-34-38-73(118-9)39-35-71)72-36-40-74(119-10)41-37-72/h15-17,28-29,34-41,62,75,83-90H,11-14,18-27,30-33,42-61H2,1-10H3,(H,93,111)(H,94,112)(H,95,113)(H,96,114)(H,97,115)(H,98,110)(H,100,103)(H,101,104)(H,102,116)/t62-,75-,83-,84-,85+,86+,87-,88-,89-,90-,91?/m1/s1. The lowest BCUT2D eigenvalue weighted by Gasteiger charge is -2.44. The zero-order chi connectivity index (χ0) is 96.5. The molecule has 3 aromatic carbocycles. The first-order chi connectivity index (χ1) is 63.4. The fourth-order valence-electron chi connectivity index (χ4n) is 14.6. The average molecular weight is 1860 g/mol. The van der Waals surface area contributed by atoms with Crippen molar-refractivity contribution in [2.75, 3.05) is 126 Å². The maximum atomic E-state index is 14.1. The Morgan fingerprint density at radius 2 is 0.735 bits per heavy atom. The largest absolute Gasteiger partial charge is 0.497 e. The zero-order valence-corrected chi connectivity index (χ0v) is 77.8. The molecule has 0 aliphatic carbocycles. The highest BCUT2D eigenvalue weighted by Crippen LogP contribution is 2.42. The van der Waals surface area contributed by atoms with Gasteiger partial charge in [0.05, 0.1) is 73.1 Å². The Hall–Kier alpha value is -10.9. The van der Waals surface area contributed by atoms with Gasteiger partial charge in [-0.05, 0) is 112 Å². The average Bonchev–Trinajstić information content (AvgIpc) is 0.757. The number of unbranched alkanes of at least 4 members (excludes halogenated alkanes) is 7. The van der Waals surface area contributed by atoms with Crippen molar-refractivity contribution in [1.29, 1.82) is 0 Å². The van der Waals surface area contributed by atoms with Crippen molar-refractivity contribution in [3.63, 3.8) is 0 Å². The van der Waals surface area contributed by atoms with E-state index in [4.69, 9.17) is 71.1 Å². The molecular formula is C92H138N10O30. The van der Waals surface area contributed by atoms with Gasteiger partial charge in [0.1, 0.15) is 47.4 Å². The number of ether oxygens (including phenoxy) is 15. The van der Waals surface area contributed by atoms with E-state index in [9.17, 15) is 72.0 Å². The van der Waals surface area contributed by atoms with E-state index in [1.807, 2.05) is 78.9 Å². The van der Waals surface area contributed by atoms with Crippen molar-refractivity contribution in [2.45, 2.75) is 263 Å². The second kappa shape index (κ2) is 63.3. The van der Waals surface area contributed by atoms with Crippen LogP contribution in [-0.2, 0) is 134 Å². The zero-order valence-electron chi connectivity index (χ0n) is 77.8. The third kappa shape index (κ3) is 43.7. The Balaban J connectivity index is 1.12. The minimum absolute atomic E-state index is 0.00393. The second-order valence-corrected chi connectivity index (χ2v) is 32.0. The van der Waals surface area contributed by atoms with Crippen LogP contribution in [0.5, 0.6) is 11.5 Å². The van der Waals surface area contributed by atoms with E-state index in [0.29, 0.717) is 102 Å². The van der Waals surface area contributed by atoms with Gasteiger partial charge in [0.2, 0.25) is 53.2 Å². The molecule has 2 fully saturated rings. The van der Waals surface area contributed by atoms with Gasteiger partial charge in [0.25, 0.3) is 0 Å². The summed E-state index contributed by atoms with van der Waals surface area (Å²) >= 11 is 0. The molecule has 132 heavy (non-hydrogen) atoms. The summed E-state index contributed by atoms with van der Waals surface area (Å²) in [6, 6.07) is 23.3. The topological polar surface area (TPSA) is 515 Å². The number of rotatable bonds is 67. The van der Waals surface area contributed by atoms with Crippen LogP contribution in [0, 0.1) is 4.91 Å². The molecule has 0 saturated carbocycles. The molecule has 0 spiro atoms. The highest BCUT2D eigenvalue weighted by Gasteiger charge is 2.52. The van der Waals surface area contributed by atoms with Crippen LogP contribution in [0.25, 0.3) is 0 Å². The van der Waals surface area contributed by atoms with Crippen molar-refractivity contribution >= 4 is 83.0 Å². The Bertz CT molecular complexity index is 3990. The molecule has 2 saturated heterocycles. The maximum Gasteiger partial charge on any atom is 0.303 e. The molecule has 0 radical (unpaired) electrons. The Kier molecular flexibility index (Phi) is 53.5. The van der Waals surface area contributed by atoms with E-state index < -0.39 is 121 Å². The molecular weight excluding hydrogens is 1730 g/mol. The lowest BCUT2D eigenvalue weighted by Crippen LogP contribution is -2.66. The number of nitrogens with zero attached hydrogens (tertiary/aromatic N) is 1. The number of carbonyl (C=O) groups is 14. The van der Waals surface area contributed by atoms with Crippen molar-refractivity contribution in [3.8, 4) is 11.5 Å². The molecule has 40 nitrogen and oxygen atoms in total. The van der Waals surface area contributed by atoms with Gasteiger partial charge in [-0.2, -0.15) is 4.91 Å². The SMILES string of the molecule is COc1ccc(C(OCCCNC(=O)CCCCCCCCC(=O)NC(COCCC(=O)NCCCN=O)(COCCC(=O)NCCCNC(=O)CCCCO[C@@H]2O[C@H](C)[C@H](OC(C)=O)[C@H](OC(C)=O)[C@H]2NC(C)=O)COCCC(=O)NCCCNC(=O)CCCCO[C@@H]2O[C@H](COC(C)=O)[C@H](OC(C)=O)[C@H](OC(C)=O)[C@H]2NC(C)=O)(c2ccccc2)c2ccc(OC)cc2)cc1. The van der Waals surface area contributed by atoms with Gasteiger partial charge in [-0.1, -0.05) is 85.5 Å². The Morgan fingerprint density at radius 3 is 1.14 bits per heavy atom. The summed E-state index contributed by atoms with van der Waals surface area (Å²) in [4.78, 5) is 188. The van der Waals surface area contributed by atoms with Gasteiger partial charge in [-0.15, -0.1) is 0 Å². The van der Waals surface area contributed by atoms with Crippen LogP contribution in [0.2, 0.25) is 0 Å². The molecule has 9 amide bonds. The van der Waals surface area contributed by atoms with Crippen molar-refractivity contribution in [2.24, 2.45) is 5.18 Å². The number of hydrogen-bond acceptors (Lipinski definition) is 31. The first-order valence-electron chi connectivity index (χ1n) is 45.2. The molecule has 9 N–H and O–H groups in total. The predicted molar refractivity (Wildman–Crippen MR) is 476 cm³/mol. The summed E-state index contributed by atoms with van der Waals surface area (Å²) in [6.45, 7) is 10.3. The van der Waals surface area contributed by atoms with Gasteiger partial charge in [-0.25, -0.2) is 0 Å². The molecule has 1 unspecified atom stereocenters. The number of methoxy groups -OCH3 is 2. The first-order valence-corrected chi connectivity index (χ1v) is 45.2. The molecule has 11 atom stereocenters. The van der Waals surface area contributed by atoms with E-state index >= 15 is 0 Å². The minimum Gasteiger partial charge on any atom is -0.497 e. The van der Waals surface area contributed by atoms with Gasteiger partial charge in [0, 0.05) is 146 Å². The fourth-order valence-corrected chi connectivity index (χ4v) is 14.6. The summed E-state index contributed by atoms with van der Waals surface area (Å²) in [5.41, 5.74) is 0.289. The highest BCUT2D eigenvalue weighted by atomic mass is 16.7. The van der Waals surface area contributed by atoms with Crippen LogP contribution in [0.15, 0.2) is 84.0 Å². The van der Waals surface area contributed by atoms with E-state index in [1.165, 1.54) is 34.6 Å². The smallest absolute Gasteiger partial charge is 0.303 e. The summed E-state index contributed by atoms with van der Waals surface area (Å²) in [6.07, 6.45) is -1.35. The van der Waals surface area contributed by atoms with E-state index in [0.717, 1.165) is 49.8 Å². The lowest BCUT2D eigenvalue weighted by molar-refractivity contribution is -0.277. The summed E-state index contributed by atoms with van der Waals surface area (Å²) in [7, 11) is 3.23. The summed E-state index contributed by atoms with van der Waals surface area (Å²) in [5.74, 6) is -5.19. The minimum atomic E-state index is -1.43. The van der Waals surface area contributed by atoms with Crippen LogP contribution >= 0.6 is 0 Å². The summed E-state index contributed by atoms with van der Waals surface area (Å²) in [5, 5.41) is 28.2. The quantitative estimate of drug-likeness (QED) is 0.0113. The third-order valence-electron chi connectivity index (χ3n) is 20.9. The van der Waals surface area contributed by atoms with Crippen LogP contribution in [0.4, 0.5) is 0 Å². The predicted octanol–water partition coefficient (Wildman–Crippen LogP) is 5.37. The fraction of sp³-hybridized carbons (Fsp3) is 0.652. The van der Waals surface area contributed by atoms with Gasteiger partial charge >= 0.3 is 29.8 Å².